The van der Waals surface area contributed by atoms with Crippen LogP contribution in [0, 0.1) is 11.3 Å². The molecular weight excluding hydrogens is 298 g/mol. The van der Waals surface area contributed by atoms with Crippen LogP contribution in [0.15, 0.2) is 54.6 Å². The van der Waals surface area contributed by atoms with Crippen molar-refractivity contribution in [3.05, 3.63) is 60.2 Å². The van der Waals surface area contributed by atoms with Gasteiger partial charge in [0.05, 0.1) is 17.5 Å². The van der Waals surface area contributed by atoms with Gasteiger partial charge in [-0.25, -0.2) is 0 Å². The van der Waals surface area contributed by atoms with Gasteiger partial charge in [-0.1, -0.05) is 42.5 Å². The topological polar surface area (TPSA) is 61.8 Å². The highest BCUT2D eigenvalue weighted by Crippen LogP contribution is 2.36. The van der Waals surface area contributed by atoms with E-state index in [1.807, 2.05) is 42.1 Å². The van der Waals surface area contributed by atoms with Gasteiger partial charge in [-0.05, 0) is 25.0 Å². The second-order valence-electron chi connectivity index (χ2n) is 5.69. The van der Waals surface area contributed by atoms with Gasteiger partial charge in [0.25, 0.3) is 0 Å². The van der Waals surface area contributed by atoms with Crippen LogP contribution in [0.4, 0.5) is 0 Å². The largest absolute Gasteiger partial charge is 0.507 e. The van der Waals surface area contributed by atoms with Gasteiger partial charge in [-0.2, -0.15) is 10.4 Å². The van der Waals surface area contributed by atoms with Crippen molar-refractivity contribution in [2.75, 3.05) is 0 Å². The number of aryl methyl sites for hydroxylation is 1. The third-order valence-electron chi connectivity index (χ3n) is 4.07. The van der Waals surface area contributed by atoms with E-state index in [4.69, 9.17) is 5.26 Å². The summed E-state index contributed by atoms with van der Waals surface area (Å²) in [5.74, 6) is 0.219. The van der Waals surface area contributed by atoms with Crippen LogP contribution in [-0.2, 0) is 13.5 Å². The van der Waals surface area contributed by atoms with Crippen molar-refractivity contribution in [2.45, 2.75) is 19.3 Å². The Morgan fingerprint density at radius 2 is 1.79 bits per heavy atom. The minimum Gasteiger partial charge on any atom is -0.507 e. The number of nitriles is 1. The van der Waals surface area contributed by atoms with E-state index in [1.165, 1.54) is 0 Å². The summed E-state index contributed by atoms with van der Waals surface area (Å²) in [5, 5.41) is 23.8. The molecular formula is C20H19N3O. The number of hydrogen-bond donors (Lipinski definition) is 1. The molecule has 0 aliphatic heterocycles. The number of benzene rings is 2. The van der Waals surface area contributed by atoms with E-state index in [1.54, 1.807) is 12.1 Å². The van der Waals surface area contributed by atoms with Crippen molar-refractivity contribution in [1.82, 2.24) is 9.78 Å². The first-order valence-corrected chi connectivity index (χ1v) is 7.99. The first-order valence-electron chi connectivity index (χ1n) is 7.99. The normalized spacial score (nSPS) is 10.5. The minimum atomic E-state index is 0.219. The zero-order valence-electron chi connectivity index (χ0n) is 13.6. The number of para-hydroxylation sites is 1. The molecule has 0 aliphatic carbocycles. The Balaban J connectivity index is 2.16. The van der Waals surface area contributed by atoms with Crippen molar-refractivity contribution in [3.63, 3.8) is 0 Å². The molecule has 0 radical (unpaired) electrons. The number of phenols is 1. The Morgan fingerprint density at radius 3 is 2.50 bits per heavy atom. The predicted molar refractivity (Wildman–Crippen MR) is 94.3 cm³/mol. The Kier molecular flexibility index (Phi) is 4.62. The zero-order chi connectivity index (χ0) is 16.9. The number of aromatic nitrogens is 2. The molecule has 0 saturated carbocycles. The van der Waals surface area contributed by atoms with Crippen molar-refractivity contribution in [3.8, 4) is 34.3 Å². The van der Waals surface area contributed by atoms with Crippen molar-refractivity contribution >= 4 is 0 Å². The van der Waals surface area contributed by atoms with E-state index >= 15 is 0 Å². The highest BCUT2D eigenvalue weighted by atomic mass is 16.3. The van der Waals surface area contributed by atoms with Gasteiger partial charge >= 0.3 is 0 Å². The Labute approximate surface area is 141 Å². The fourth-order valence-electron chi connectivity index (χ4n) is 3.00. The molecule has 24 heavy (non-hydrogen) atoms. The molecule has 2 aromatic carbocycles. The van der Waals surface area contributed by atoms with Gasteiger partial charge in [-0.3, -0.25) is 4.68 Å². The maximum absolute atomic E-state index is 10.2. The average molecular weight is 317 g/mol. The van der Waals surface area contributed by atoms with E-state index in [-0.39, 0.29) is 5.75 Å². The molecule has 4 heteroatoms. The third kappa shape index (κ3) is 3.02. The SMILES string of the molecule is Cn1nc(-c2ccccc2O)c(CCCC#N)c1-c1ccccc1. The molecule has 3 rings (SSSR count). The van der Waals surface area contributed by atoms with Crippen LogP contribution in [0.2, 0.25) is 0 Å². The molecule has 0 bridgehead atoms. The smallest absolute Gasteiger partial charge is 0.125 e. The summed E-state index contributed by atoms with van der Waals surface area (Å²) < 4.78 is 1.86. The van der Waals surface area contributed by atoms with Gasteiger partial charge in [0, 0.05) is 30.2 Å². The fourth-order valence-corrected chi connectivity index (χ4v) is 3.00. The standard InChI is InChI=1S/C20H19N3O/c1-23-20(15-9-3-2-4-10-15)17(12-7-8-14-21)19(22-23)16-11-5-6-13-18(16)24/h2-6,9-11,13,24H,7-8,12H2,1H3. The van der Waals surface area contributed by atoms with Crippen LogP contribution in [0.3, 0.4) is 0 Å². The van der Waals surface area contributed by atoms with Crippen molar-refractivity contribution in [2.24, 2.45) is 7.05 Å². The molecule has 4 nitrogen and oxygen atoms in total. The second kappa shape index (κ2) is 7.01. The molecule has 0 amide bonds. The van der Waals surface area contributed by atoms with Gasteiger partial charge in [-0.15, -0.1) is 0 Å². The first-order chi connectivity index (χ1) is 11.7. The van der Waals surface area contributed by atoms with Gasteiger partial charge in [0.2, 0.25) is 0 Å². The molecule has 0 atom stereocenters. The maximum atomic E-state index is 10.2. The number of phenolic OH excluding ortho intramolecular Hbond substituents is 1. The molecule has 1 aromatic heterocycles. The summed E-state index contributed by atoms with van der Waals surface area (Å²) in [7, 11) is 1.92. The molecule has 0 saturated heterocycles. The van der Waals surface area contributed by atoms with Gasteiger partial charge in [0.1, 0.15) is 5.75 Å². The maximum Gasteiger partial charge on any atom is 0.125 e. The lowest BCUT2D eigenvalue weighted by Gasteiger charge is -2.08. The molecule has 0 spiro atoms. The molecule has 0 fully saturated rings. The number of hydrogen-bond acceptors (Lipinski definition) is 3. The fraction of sp³-hybridized carbons (Fsp3) is 0.200. The Hall–Kier alpha value is -3.06. The quantitative estimate of drug-likeness (QED) is 0.713. The van der Waals surface area contributed by atoms with Crippen LogP contribution >= 0.6 is 0 Å². The Morgan fingerprint density at radius 1 is 1.08 bits per heavy atom. The summed E-state index contributed by atoms with van der Waals surface area (Å²) in [4.78, 5) is 0. The van der Waals surface area contributed by atoms with Gasteiger partial charge < -0.3 is 5.11 Å². The van der Waals surface area contributed by atoms with Crippen LogP contribution < -0.4 is 0 Å². The van der Waals surface area contributed by atoms with Crippen molar-refractivity contribution in [1.29, 1.82) is 5.26 Å². The molecule has 120 valence electrons. The third-order valence-corrected chi connectivity index (χ3v) is 4.07. The highest BCUT2D eigenvalue weighted by molar-refractivity contribution is 5.77. The summed E-state index contributed by atoms with van der Waals surface area (Å²) in [6.07, 6.45) is 2.02. The first kappa shape index (κ1) is 15.8. The Bertz CT molecular complexity index is 876. The van der Waals surface area contributed by atoms with E-state index in [0.717, 1.165) is 40.9 Å². The highest BCUT2D eigenvalue weighted by Gasteiger charge is 2.20. The lowest BCUT2D eigenvalue weighted by atomic mass is 9.97. The predicted octanol–water partition coefficient (Wildman–Crippen LogP) is 4.31. The van der Waals surface area contributed by atoms with Crippen molar-refractivity contribution < 1.29 is 5.11 Å². The number of unbranched alkanes of at least 4 members (excludes halogenated alkanes) is 1. The van der Waals surface area contributed by atoms with Crippen LogP contribution in [0.25, 0.3) is 22.5 Å². The summed E-state index contributed by atoms with van der Waals surface area (Å²) >= 11 is 0. The van der Waals surface area contributed by atoms with E-state index in [0.29, 0.717) is 6.42 Å². The zero-order valence-corrected chi connectivity index (χ0v) is 13.6. The summed E-state index contributed by atoms with van der Waals surface area (Å²) in [5.41, 5.74) is 4.70. The lowest BCUT2D eigenvalue weighted by Crippen LogP contribution is -1.95. The van der Waals surface area contributed by atoms with Crippen LogP contribution in [-0.4, -0.2) is 14.9 Å². The minimum absolute atomic E-state index is 0.219. The monoisotopic (exact) mass is 317 g/mol. The molecule has 0 unspecified atom stereocenters. The van der Waals surface area contributed by atoms with E-state index in [9.17, 15) is 5.11 Å². The van der Waals surface area contributed by atoms with Crippen LogP contribution in [0.1, 0.15) is 18.4 Å². The average Bonchev–Trinajstić information content (AvgIpc) is 2.92. The van der Waals surface area contributed by atoms with Gasteiger partial charge in [0.15, 0.2) is 0 Å². The summed E-state index contributed by atoms with van der Waals surface area (Å²) in [6.45, 7) is 0. The number of aromatic hydroxyl groups is 1. The number of rotatable bonds is 5. The molecule has 0 aliphatic rings. The lowest BCUT2D eigenvalue weighted by molar-refractivity contribution is 0.477. The van der Waals surface area contributed by atoms with Crippen LogP contribution in [0.5, 0.6) is 5.75 Å². The molecule has 3 aromatic rings. The molecule has 1 heterocycles. The second-order valence-corrected chi connectivity index (χ2v) is 5.69. The number of nitrogens with zero attached hydrogens (tertiary/aromatic N) is 3. The van der Waals surface area contributed by atoms with E-state index in [2.05, 4.69) is 23.3 Å². The summed E-state index contributed by atoms with van der Waals surface area (Å²) in [6, 6.07) is 19.5. The van der Waals surface area contributed by atoms with E-state index < -0.39 is 0 Å². The molecule has 1 N–H and O–H groups in total.